The zero-order valence-corrected chi connectivity index (χ0v) is 9.34. The highest BCUT2D eigenvalue weighted by Crippen LogP contribution is 2.35. The smallest absolute Gasteiger partial charge is 0.170 e. The minimum absolute atomic E-state index is 0.0810. The molecule has 0 heterocycles. The molecule has 0 radical (unpaired) electrons. The Morgan fingerprint density at radius 3 is 1.69 bits per heavy atom. The summed E-state index contributed by atoms with van der Waals surface area (Å²) in [6.45, 7) is 10.8. The number of hydrogen-bond donors (Lipinski definition) is 1. The van der Waals surface area contributed by atoms with Gasteiger partial charge in [0.2, 0.25) is 0 Å². The number of rotatable bonds is 3. The van der Waals surface area contributed by atoms with Gasteiger partial charge in [0.05, 0.1) is 0 Å². The largest absolute Gasteiger partial charge is 0.296 e. The summed E-state index contributed by atoms with van der Waals surface area (Å²) in [6, 6.07) is 0. The number of hydrogen-bond acceptors (Lipinski definition) is 3. The minimum Gasteiger partial charge on any atom is -0.296 e. The molecule has 3 heteroatoms. The average Bonchev–Trinajstić information content (AvgIpc) is 1.99. The maximum Gasteiger partial charge on any atom is 0.170 e. The van der Waals surface area contributed by atoms with Gasteiger partial charge >= 0.3 is 0 Å². The maximum atomic E-state index is 11.8. The molecule has 0 aliphatic heterocycles. The van der Waals surface area contributed by atoms with E-state index in [4.69, 9.17) is 5.26 Å². The van der Waals surface area contributed by atoms with Crippen molar-refractivity contribution in [2.24, 2.45) is 11.3 Å². The van der Waals surface area contributed by atoms with Crippen LogP contribution in [0.5, 0.6) is 0 Å². The van der Waals surface area contributed by atoms with Crippen molar-refractivity contribution in [1.29, 1.82) is 0 Å². The first-order chi connectivity index (χ1) is 5.66. The van der Waals surface area contributed by atoms with Crippen LogP contribution < -0.4 is 0 Å². The Balaban J connectivity index is 4.96. The molecule has 0 aromatic carbocycles. The van der Waals surface area contributed by atoms with E-state index in [0.717, 1.165) is 0 Å². The van der Waals surface area contributed by atoms with Gasteiger partial charge in [0.25, 0.3) is 0 Å². The topological polar surface area (TPSA) is 46.5 Å². The Kier molecular flexibility index (Phi) is 3.64. The zero-order valence-electron chi connectivity index (χ0n) is 9.34. The van der Waals surface area contributed by atoms with Crippen LogP contribution >= 0.6 is 0 Å². The van der Waals surface area contributed by atoms with Crippen molar-refractivity contribution in [2.45, 2.75) is 47.1 Å². The second-order valence-electron chi connectivity index (χ2n) is 4.89. The van der Waals surface area contributed by atoms with Crippen LogP contribution in [0.2, 0.25) is 0 Å². The molecule has 0 rings (SSSR count). The molecule has 0 saturated heterocycles. The average molecular weight is 188 g/mol. The van der Waals surface area contributed by atoms with Crippen LogP contribution in [0.15, 0.2) is 0 Å². The molecule has 0 saturated carbocycles. The van der Waals surface area contributed by atoms with Crippen molar-refractivity contribution in [3.05, 3.63) is 0 Å². The first-order valence-electron chi connectivity index (χ1n) is 4.53. The second-order valence-corrected chi connectivity index (χ2v) is 4.89. The molecule has 1 atom stereocenters. The van der Waals surface area contributed by atoms with Gasteiger partial charge in [-0.25, -0.2) is 4.89 Å². The van der Waals surface area contributed by atoms with Crippen molar-refractivity contribution in [3.8, 4) is 0 Å². The number of carbonyl (C=O) groups excluding carboxylic acids is 1. The normalized spacial score (nSPS) is 17.2. The molecule has 13 heavy (non-hydrogen) atoms. The Hall–Kier alpha value is -0.410. The Bertz CT molecular complexity index is 191. The fraction of sp³-hybridized carbons (Fsp3) is 0.900. The lowest BCUT2D eigenvalue weighted by atomic mass is 9.72. The van der Waals surface area contributed by atoms with Gasteiger partial charge in [-0.2, -0.15) is 0 Å². The molecule has 0 unspecified atom stereocenters. The molecule has 0 bridgehead atoms. The van der Waals surface area contributed by atoms with Crippen LogP contribution in [0.4, 0.5) is 0 Å². The predicted molar refractivity (Wildman–Crippen MR) is 51.4 cm³/mol. The highest BCUT2D eigenvalue weighted by Gasteiger charge is 2.46. The molecular weight excluding hydrogens is 168 g/mol. The first-order valence-corrected chi connectivity index (χ1v) is 4.53. The van der Waals surface area contributed by atoms with E-state index in [1.54, 1.807) is 20.8 Å². The molecule has 0 aliphatic rings. The zero-order chi connectivity index (χ0) is 10.9. The van der Waals surface area contributed by atoms with Gasteiger partial charge in [0, 0.05) is 11.3 Å². The van der Waals surface area contributed by atoms with Crippen molar-refractivity contribution >= 4 is 5.78 Å². The van der Waals surface area contributed by atoms with Crippen LogP contribution in [0.25, 0.3) is 0 Å². The van der Waals surface area contributed by atoms with E-state index in [0.29, 0.717) is 0 Å². The highest BCUT2D eigenvalue weighted by molar-refractivity contribution is 5.89. The summed E-state index contributed by atoms with van der Waals surface area (Å²) in [4.78, 5) is 16.1. The molecule has 0 spiro atoms. The third-order valence-electron chi connectivity index (χ3n) is 2.61. The maximum absolute atomic E-state index is 11.8. The molecular formula is C10H20O3. The number of ketones is 1. The van der Waals surface area contributed by atoms with Crippen LogP contribution in [0.1, 0.15) is 41.5 Å². The van der Waals surface area contributed by atoms with Crippen molar-refractivity contribution < 1.29 is 14.9 Å². The quantitative estimate of drug-likeness (QED) is 0.546. The second kappa shape index (κ2) is 3.76. The van der Waals surface area contributed by atoms with Crippen molar-refractivity contribution in [2.75, 3.05) is 0 Å². The van der Waals surface area contributed by atoms with E-state index in [-0.39, 0.29) is 11.7 Å². The Labute approximate surface area is 80.0 Å². The van der Waals surface area contributed by atoms with Gasteiger partial charge in [-0.3, -0.25) is 10.1 Å². The summed E-state index contributed by atoms with van der Waals surface area (Å²) in [5.74, 6) is -0.223. The van der Waals surface area contributed by atoms with E-state index in [1.165, 1.54) is 0 Å². The van der Waals surface area contributed by atoms with Gasteiger partial charge in [-0.1, -0.05) is 34.6 Å². The van der Waals surface area contributed by atoms with Crippen molar-refractivity contribution in [3.63, 3.8) is 0 Å². The SMILES string of the molecule is CC(C)C(=O)[C@](C)(OO)C(C)(C)C. The molecule has 0 amide bonds. The van der Waals surface area contributed by atoms with Gasteiger partial charge in [0.15, 0.2) is 11.4 Å². The van der Waals surface area contributed by atoms with Gasteiger partial charge < -0.3 is 0 Å². The number of carbonyl (C=O) groups is 1. The molecule has 0 aliphatic carbocycles. The van der Waals surface area contributed by atoms with Crippen LogP contribution in [0.3, 0.4) is 0 Å². The van der Waals surface area contributed by atoms with Crippen LogP contribution in [-0.4, -0.2) is 16.6 Å². The minimum atomic E-state index is -1.12. The van der Waals surface area contributed by atoms with E-state index >= 15 is 0 Å². The van der Waals surface area contributed by atoms with Gasteiger partial charge in [-0.15, -0.1) is 0 Å². The fourth-order valence-electron chi connectivity index (χ4n) is 1.10. The summed E-state index contributed by atoms with van der Waals surface area (Å²) in [5.41, 5.74) is -1.54. The Morgan fingerprint density at radius 1 is 1.23 bits per heavy atom. The third-order valence-corrected chi connectivity index (χ3v) is 2.61. The van der Waals surface area contributed by atoms with E-state index in [1.807, 2.05) is 20.8 Å². The first kappa shape index (κ1) is 12.6. The summed E-state index contributed by atoms with van der Waals surface area (Å²) >= 11 is 0. The van der Waals surface area contributed by atoms with Crippen LogP contribution in [-0.2, 0) is 9.68 Å². The lowest BCUT2D eigenvalue weighted by Gasteiger charge is -2.38. The van der Waals surface area contributed by atoms with Gasteiger partial charge in [-0.05, 0) is 6.92 Å². The lowest BCUT2D eigenvalue weighted by molar-refractivity contribution is -0.330. The summed E-state index contributed by atoms with van der Waals surface area (Å²) in [7, 11) is 0. The summed E-state index contributed by atoms with van der Waals surface area (Å²) < 4.78 is 0. The van der Waals surface area contributed by atoms with Gasteiger partial charge in [0.1, 0.15) is 0 Å². The fourth-order valence-corrected chi connectivity index (χ4v) is 1.10. The standard InChI is InChI=1S/C10H20O3/c1-7(2)8(11)10(6,13-12)9(3,4)5/h7,12H,1-6H3/t10-/m0/s1. The molecule has 0 aromatic rings. The monoisotopic (exact) mass is 188 g/mol. The number of Topliss-reactive ketones (excluding diaryl/α,β-unsaturated/α-hetero) is 1. The van der Waals surface area contributed by atoms with E-state index in [2.05, 4.69) is 4.89 Å². The Morgan fingerprint density at radius 2 is 1.62 bits per heavy atom. The molecule has 1 N–H and O–H groups in total. The predicted octanol–water partition coefficient (Wildman–Crippen LogP) is 2.51. The van der Waals surface area contributed by atoms with E-state index < -0.39 is 11.0 Å². The van der Waals surface area contributed by atoms with Crippen LogP contribution in [0, 0.1) is 11.3 Å². The molecule has 0 fully saturated rings. The highest BCUT2D eigenvalue weighted by atomic mass is 17.1. The molecule has 78 valence electrons. The lowest BCUT2D eigenvalue weighted by Crippen LogP contribution is -2.50. The molecule has 0 aromatic heterocycles. The summed E-state index contributed by atoms with van der Waals surface area (Å²) in [5, 5.41) is 8.82. The third kappa shape index (κ3) is 2.29. The molecule has 3 nitrogen and oxygen atoms in total. The van der Waals surface area contributed by atoms with Crippen molar-refractivity contribution in [1.82, 2.24) is 0 Å². The summed E-state index contributed by atoms with van der Waals surface area (Å²) in [6.07, 6.45) is 0. The van der Waals surface area contributed by atoms with E-state index in [9.17, 15) is 4.79 Å².